The molecule has 11 heteroatoms. The highest BCUT2D eigenvalue weighted by Gasteiger charge is 2.41. The van der Waals surface area contributed by atoms with Crippen LogP contribution in [0, 0.1) is 0 Å². The molecule has 0 spiro atoms. The summed E-state index contributed by atoms with van der Waals surface area (Å²) in [7, 11) is -3.36. The van der Waals surface area contributed by atoms with E-state index in [-0.39, 0.29) is 10.1 Å². The summed E-state index contributed by atoms with van der Waals surface area (Å²) in [6, 6.07) is 38.0. The van der Waals surface area contributed by atoms with Crippen molar-refractivity contribution in [3.63, 3.8) is 0 Å². The summed E-state index contributed by atoms with van der Waals surface area (Å²) >= 11 is 1.20. The molecular formula is C39H33N5O4S2. The highest BCUT2D eigenvalue weighted by molar-refractivity contribution is 7.92. The van der Waals surface area contributed by atoms with Crippen LogP contribution in [0.15, 0.2) is 138 Å². The minimum Gasteiger partial charge on any atom is -0.378 e. The van der Waals surface area contributed by atoms with Crippen molar-refractivity contribution < 1.29 is 17.9 Å². The van der Waals surface area contributed by atoms with E-state index in [0.717, 1.165) is 32.8 Å². The Morgan fingerprint density at radius 3 is 1.94 bits per heavy atom. The van der Waals surface area contributed by atoms with Gasteiger partial charge in [-0.25, -0.2) is 13.4 Å². The van der Waals surface area contributed by atoms with Crippen LogP contribution in [0.2, 0.25) is 0 Å². The maximum atomic E-state index is 14.5. The van der Waals surface area contributed by atoms with E-state index in [1.807, 2.05) is 88.2 Å². The summed E-state index contributed by atoms with van der Waals surface area (Å²) < 4.78 is 34.3. The number of fused-ring (bicyclic) bond motifs is 1. The number of amides is 1. The number of rotatable bonds is 8. The zero-order valence-electron chi connectivity index (χ0n) is 27.2. The summed E-state index contributed by atoms with van der Waals surface area (Å²) in [4.78, 5) is 21.6. The van der Waals surface area contributed by atoms with Gasteiger partial charge in [-0.05, 0) is 41.0 Å². The lowest BCUT2D eigenvalue weighted by Gasteiger charge is -2.36. The van der Waals surface area contributed by atoms with Crippen LogP contribution >= 0.6 is 11.3 Å². The van der Waals surface area contributed by atoms with Crippen molar-refractivity contribution in [2.45, 2.75) is 9.75 Å². The van der Waals surface area contributed by atoms with E-state index in [2.05, 4.69) is 41.4 Å². The van der Waals surface area contributed by atoms with Gasteiger partial charge < -0.3 is 9.64 Å². The molecule has 0 bridgehead atoms. The summed E-state index contributed by atoms with van der Waals surface area (Å²) in [6.45, 7) is 1.87. The monoisotopic (exact) mass is 699 g/mol. The third-order valence-electron chi connectivity index (χ3n) is 9.15. The fraction of sp³-hybridized carbons (Fsp3) is 0.154. The number of thiophene rings is 1. The number of pyridine rings is 1. The first-order valence-corrected chi connectivity index (χ1v) is 19.0. The van der Waals surface area contributed by atoms with Crippen molar-refractivity contribution in [1.29, 1.82) is 0 Å². The number of morpholine rings is 1. The van der Waals surface area contributed by atoms with Crippen molar-refractivity contribution in [1.82, 2.24) is 24.1 Å². The molecule has 1 aliphatic heterocycles. The molecule has 250 valence electrons. The van der Waals surface area contributed by atoms with Gasteiger partial charge in [0, 0.05) is 42.9 Å². The molecule has 1 aliphatic rings. The number of hydrogen-bond donors (Lipinski definition) is 0. The van der Waals surface area contributed by atoms with E-state index in [9.17, 15) is 13.2 Å². The van der Waals surface area contributed by atoms with E-state index in [1.165, 1.54) is 17.6 Å². The smallest absolute Gasteiger partial charge is 0.275 e. The van der Waals surface area contributed by atoms with Gasteiger partial charge in [-0.15, -0.1) is 11.3 Å². The first-order chi connectivity index (χ1) is 24.3. The third kappa shape index (κ3) is 5.53. The third-order valence-corrected chi connectivity index (χ3v) is 12.1. The van der Waals surface area contributed by atoms with Gasteiger partial charge in [0.25, 0.3) is 5.91 Å². The number of imidazole rings is 1. The number of aromatic nitrogens is 4. The number of ether oxygens (including phenoxy) is 1. The van der Waals surface area contributed by atoms with Crippen LogP contribution in [0.1, 0.15) is 27.2 Å². The second kappa shape index (κ2) is 12.8. The number of carbonyl (C=O) groups is 1. The molecule has 1 amide bonds. The molecule has 8 rings (SSSR count). The molecule has 7 aromatic rings. The topological polar surface area (TPSA) is 98.8 Å². The van der Waals surface area contributed by atoms with Crippen LogP contribution in [0.25, 0.3) is 27.3 Å². The van der Waals surface area contributed by atoms with Crippen molar-refractivity contribution in [2.75, 3.05) is 32.6 Å². The lowest BCUT2D eigenvalue weighted by atomic mass is 9.77. The molecule has 0 atom stereocenters. The molecule has 1 fully saturated rings. The van der Waals surface area contributed by atoms with Crippen molar-refractivity contribution in [3.05, 3.63) is 156 Å². The molecule has 0 aliphatic carbocycles. The molecular weight excluding hydrogens is 667 g/mol. The van der Waals surface area contributed by atoms with Crippen LogP contribution in [0.4, 0.5) is 0 Å². The molecule has 1 saturated heterocycles. The fourth-order valence-electron chi connectivity index (χ4n) is 6.75. The molecule has 4 aromatic heterocycles. The minimum absolute atomic E-state index is 0.174. The highest BCUT2D eigenvalue weighted by atomic mass is 32.2. The van der Waals surface area contributed by atoms with Crippen LogP contribution in [0.3, 0.4) is 0 Å². The zero-order valence-corrected chi connectivity index (χ0v) is 28.8. The number of hydrogen-bond acceptors (Lipinski definition) is 7. The summed E-state index contributed by atoms with van der Waals surface area (Å²) in [5.74, 6) is -0.174. The molecule has 0 unspecified atom stereocenters. The lowest BCUT2D eigenvalue weighted by molar-refractivity contribution is 0.0298. The molecule has 0 N–H and O–H groups in total. The largest absolute Gasteiger partial charge is 0.378 e. The van der Waals surface area contributed by atoms with Gasteiger partial charge in [0.15, 0.2) is 15.5 Å². The van der Waals surface area contributed by atoms with E-state index < -0.39 is 15.4 Å². The van der Waals surface area contributed by atoms with Gasteiger partial charge in [0.1, 0.15) is 15.4 Å². The number of nitrogens with zero attached hydrogens (tertiary/aromatic N) is 5. The minimum atomic E-state index is -3.36. The van der Waals surface area contributed by atoms with Gasteiger partial charge in [0.2, 0.25) is 0 Å². The standard InChI is InChI=1S/C39H33N5O4S2/c1-50(46,47)36-20-18-34(49-36)33-25-40-35-19-17-28(26-43(33)35)32-27-44(41-37(32)38(45)42-21-23-48-24-22-42)39(29-11-5-2-6-12-29,30-13-7-3-8-14-30)31-15-9-4-10-16-31/h2-20,25-27H,21-24H2,1H3. The van der Waals surface area contributed by atoms with Gasteiger partial charge >= 0.3 is 0 Å². The molecule has 3 aromatic carbocycles. The summed E-state index contributed by atoms with van der Waals surface area (Å²) in [5.41, 5.74) is 5.25. The Balaban J connectivity index is 1.38. The van der Waals surface area contributed by atoms with Crippen molar-refractivity contribution >= 4 is 32.7 Å². The van der Waals surface area contributed by atoms with Crippen LogP contribution in [-0.2, 0) is 20.1 Å². The maximum Gasteiger partial charge on any atom is 0.275 e. The van der Waals surface area contributed by atoms with Crippen LogP contribution in [-0.4, -0.2) is 70.9 Å². The summed E-state index contributed by atoms with van der Waals surface area (Å²) in [5, 5.41) is 5.24. The van der Waals surface area contributed by atoms with Gasteiger partial charge in [0.05, 0.1) is 30.0 Å². The molecule has 50 heavy (non-hydrogen) atoms. The van der Waals surface area contributed by atoms with E-state index in [1.54, 1.807) is 23.2 Å². The second-order valence-electron chi connectivity index (χ2n) is 12.2. The lowest BCUT2D eigenvalue weighted by Crippen LogP contribution is -2.41. The number of benzene rings is 3. The highest BCUT2D eigenvalue weighted by Crippen LogP contribution is 2.42. The Morgan fingerprint density at radius 1 is 0.780 bits per heavy atom. The Kier molecular flexibility index (Phi) is 8.18. The van der Waals surface area contributed by atoms with E-state index >= 15 is 0 Å². The average Bonchev–Trinajstić information content (AvgIpc) is 3.92. The predicted octanol–water partition coefficient (Wildman–Crippen LogP) is 6.64. The fourth-order valence-corrected chi connectivity index (χ4v) is 8.68. The second-order valence-corrected chi connectivity index (χ2v) is 15.6. The van der Waals surface area contributed by atoms with Crippen LogP contribution in [0.5, 0.6) is 0 Å². The van der Waals surface area contributed by atoms with Crippen molar-refractivity contribution in [3.8, 4) is 21.7 Å². The SMILES string of the molecule is CS(=O)(=O)c1ccc(-c2cnc3ccc(-c4cn(C(c5ccccc5)(c5ccccc5)c5ccccc5)nc4C(=O)N4CCOCC4)cn23)s1. The molecule has 9 nitrogen and oxygen atoms in total. The molecule has 0 radical (unpaired) electrons. The maximum absolute atomic E-state index is 14.5. The number of sulfone groups is 1. The Bertz CT molecular complexity index is 2320. The predicted molar refractivity (Wildman–Crippen MR) is 194 cm³/mol. The van der Waals surface area contributed by atoms with Crippen molar-refractivity contribution in [2.24, 2.45) is 0 Å². The number of carbonyl (C=O) groups excluding carboxylic acids is 1. The summed E-state index contributed by atoms with van der Waals surface area (Å²) in [6.07, 6.45) is 6.88. The van der Waals surface area contributed by atoms with Gasteiger partial charge in [-0.2, -0.15) is 5.10 Å². The first-order valence-electron chi connectivity index (χ1n) is 16.3. The Morgan fingerprint density at radius 2 is 1.38 bits per heavy atom. The van der Waals surface area contributed by atoms with Crippen LogP contribution < -0.4 is 0 Å². The first kappa shape index (κ1) is 31.9. The van der Waals surface area contributed by atoms with Gasteiger partial charge in [-0.3, -0.25) is 13.9 Å². The molecule has 5 heterocycles. The van der Waals surface area contributed by atoms with E-state index in [0.29, 0.717) is 43.2 Å². The molecule has 0 saturated carbocycles. The van der Waals surface area contributed by atoms with E-state index in [4.69, 9.17) is 9.84 Å². The average molecular weight is 700 g/mol. The Hall–Kier alpha value is -5.36. The quantitative estimate of drug-likeness (QED) is 0.165. The zero-order chi connectivity index (χ0) is 34.3. The Labute approximate surface area is 294 Å². The van der Waals surface area contributed by atoms with Gasteiger partial charge in [-0.1, -0.05) is 91.0 Å². The normalized spacial score (nSPS) is 13.9.